The Kier molecular flexibility index (Phi) is 13.9. The molecule has 1 fully saturated rings. The van der Waals surface area contributed by atoms with E-state index in [1.54, 1.807) is 31.3 Å². The molecule has 0 heterocycles. The van der Waals surface area contributed by atoms with E-state index in [2.05, 4.69) is 10.6 Å². The average Bonchev–Trinajstić information content (AvgIpc) is 3.00. The van der Waals surface area contributed by atoms with Crippen molar-refractivity contribution in [3.63, 3.8) is 0 Å². The molecule has 242 valence electrons. The first-order valence-electron chi connectivity index (χ1n) is 14.8. The quantitative estimate of drug-likeness (QED) is 0.245. The number of benzene rings is 2. The predicted octanol–water partition coefficient (Wildman–Crippen LogP) is 3.73. The molecule has 0 radical (unpaired) electrons. The second-order valence-corrected chi connectivity index (χ2v) is 13.1. The zero-order chi connectivity index (χ0) is 32.1. The van der Waals surface area contributed by atoms with Crippen LogP contribution < -0.4 is 10.6 Å². The van der Waals surface area contributed by atoms with Gasteiger partial charge in [0, 0.05) is 25.0 Å². The molecule has 3 rings (SSSR count). The Labute approximate surface area is 264 Å². The zero-order valence-corrected chi connectivity index (χ0v) is 26.4. The summed E-state index contributed by atoms with van der Waals surface area (Å²) in [6.07, 6.45) is 4.19. The van der Waals surface area contributed by atoms with Crippen LogP contribution in [-0.2, 0) is 37.5 Å². The van der Waals surface area contributed by atoms with Gasteiger partial charge in [-0.15, -0.1) is 0 Å². The molecule has 1 saturated carbocycles. The van der Waals surface area contributed by atoms with Gasteiger partial charge in [-0.25, -0.2) is 13.2 Å². The molecule has 44 heavy (non-hydrogen) atoms. The Morgan fingerprint density at radius 2 is 1.73 bits per heavy atom. The van der Waals surface area contributed by atoms with Crippen LogP contribution in [0.2, 0.25) is 5.02 Å². The highest BCUT2D eigenvalue weighted by molar-refractivity contribution is 7.86. The second kappa shape index (κ2) is 17.3. The van der Waals surface area contributed by atoms with E-state index in [-0.39, 0.29) is 37.7 Å². The molecule has 2 aromatic rings. The Bertz CT molecular complexity index is 1340. The summed E-state index contributed by atoms with van der Waals surface area (Å²) in [6.45, 7) is 0.298. The van der Waals surface area contributed by atoms with Crippen molar-refractivity contribution >= 4 is 39.6 Å². The molecule has 11 nitrogen and oxygen atoms in total. The van der Waals surface area contributed by atoms with Crippen molar-refractivity contribution in [3.8, 4) is 0 Å². The molecule has 1 unspecified atom stereocenters. The third kappa shape index (κ3) is 12.1. The number of ether oxygens (including phenoxy) is 1. The maximum Gasteiger partial charge on any atom is 0.408 e. The van der Waals surface area contributed by atoms with Gasteiger partial charge in [0.2, 0.25) is 11.8 Å². The lowest BCUT2D eigenvalue weighted by Crippen LogP contribution is -2.54. The molecule has 0 saturated heterocycles. The number of nitrogens with zero attached hydrogens (tertiary/aromatic N) is 1. The SMILES string of the molecule is CN(CCc1ccccc1)C(=O)CC[C@H](NC(=O)[C@H](CC1CCCCC1)NC(=O)OCc1cccc(Cl)c1)C(O)S(=O)(=O)[O-]. The first-order valence-corrected chi connectivity index (χ1v) is 16.7. The Morgan fingerprint density at radius 3 is 2.39 bits per heavy atom. The normalized spacial score (nSPS) is 15.9. The molecule has 13 heteroatoms. The lowest BCUT2D eigenvalue weighted by molar-refractivity contribution is -0.131. The maximum atomic E-state index is 13.4. The minimum absolute atomic E-state index is 0.0974. The number of rotatable bonds is 15. The van der Waals surface area contributed by atoms with Crippen molar-refractivity contribution in [1.82, 2.24) is 15.5 Å². The fraction of sp³-hybridized carbons (Fsp3) is 0.516. The number of aliphatic hydroxyl groups excluding tert-OH is 1. The fourth-order valence-corrected chi connectivity index (χ4v) is 6.07. The summed E-state index contributed by atoms with van der Waals surface area (Å²) >= 11 is 5.99. The highest BCUT2D eigenvalue weighted by Crippen LogP contribution is 2.27. The third-order valence-electron chi connectivity index (χ3n) is 7.80. The average molecular weight is 651 g/mol. The van der Waals surface area contributed by atoms with Gasteiger partial charge in [0.1, 0.15) is 22.8 Å². The Morgan fingerprint density at radius 1 is 1.05 bits per heavy atom. The number of amides is 3. The van der Waals surface area contributed by atoms with Gasteiger partial charge >= 0.3 is 6.09 Å². The fourth-order valence-electron chi connectivity index (χ4n) is 5.25. The van der Waals surface area contributed by atoms with Crippen LogP contribution in [0, 0.1) is 5.92 Å². The van der Waals surface area contributed by atoms with E-state index < -0.39 is 39.6 Å². The molecule has 1 aliphatic rings. The molecule has 3 N–H and O–H groups in total. The van der Waals surface area contributed by atoms with E-state index in [4.69, 9.17) is 16.3 Å². The van der Waals surface area contributed by atoms with Gasteiger partial charge in [-0.3, -0.25) is 9.59 Å². The van der Waals surface area contributed by atoms with E-state index in [1.807, 2.05) is 30.3 Å². The summed E-state index contributed by atoms with van der Waals surface area (Å²) in [6, 6.07) is 13.6. The third-order valence-corrected chi connectivity index (χ3v) is 8.96. The van der Waals surface area contributed by atoms with Gasteiger partial charge in [0.15, 0.2) is 5.44 Å². The number of alkyl carbamates (subject to hydrolysis) is 1. The summed E-state index contributed by atoms with van der Waals surface area (Å²) in [5.41, 5.74) is -0.810. The minimum atomic E-state index is -5.24. The highest BCUT2D eigenvalue weighted by atomic mass is 35.5. The first kappa shape index (κ1) is 35.3. The summed E-state index contributed by atoms with van der Waals surface area (Å²) < 4.78 is 40.5. The second-order valence-electron chi connectivity index (χ2n) is 11.2. The Balaban J connectivity index is 1.65. The van der Waals surface area contributed by atoms with Crippen LogP contribution >= 0.6 is 11.6 Å². The number of halogens is 1. The molecule has 0 aromatic heterocycles. The maximum absolute atomic E-state index is 13.4. The summed E-state index contributed by atoms with van der Waals surface area (Å²) in [5.74, 6) is -1.01. The van der Waals surface area contributed by atoms with E-state index in [1.165, 1.54) is 4.90 Å². The van der Waals surface area contributed by atoms with Crippen LogP contribution in [0.5, 0.6) is 0 Å². The van der Waals surface area contributed by atoms with E-state index in [0.717, 1.165) is 37.7 Å². The molecule has 1 aliphatic carbocycles. The van der Waals surface area contributed by atoms with Crippen LogP contribution in [0.3, 0.4) is 0 Å². The standard InChI is InChI=1S/C31H42ClN3O8S/c1-35(18-17-22-9-4-2-5-10-22)28(36)16-15-26(30(38)44(40,41)42)33-29(37)27(20-23-11-6-3-7-12-23)34-31(39)43-21-24-13-8-14-25(32)19-24/h2,4-5,8-10,13-14,19,23,26-27,30,38H,3,6-7,11-12,15-18,20-21H2,1H3,(H,33,37)(H,34,39)(H,40,41,42)/p-1/t26-,27-,30?/m0/s1. The van der Waals surface area contributed by atoms with Crippen LogP contribution in [0.1, 0.15) is 62.5 Å². The van der Waals surface area contributed by atoms with Gasteiger partial charge in [-0.2, -0.15) is 0 Å². The predicted molar refractivity (Wildman–Crippen MR) is 164 cm³/mol. The smallest absolute Gasteiger partial charge is 0.408 e. The number of carbonyl (C=O) groups excluding carboxylic acids is 3. The van der Waals surface area contributed by atoms with E-state index in [0.29, 0.717) is 23.6 Å². The molecule has 0 aliphatic heterocycles. The van der Waals surface area contributed by atoms with Crippen molar-refractivity contribution in [1.29, 1.82) is 0 Å². The summed E-state index contributed by atoms with van der Waals surface area (Å²) in [7, 11) is -3.64. The summed E-state index contributed by atoms with van der Waals surface area (Å²) in [5, 5.41) is 15.8. The van der Waals surface area contributed by atoms with E-state index in [9.17, 15) is 32.5 Å². The number of hydrogen-bond acceptors (Lipinski definition) is 8. The molecule has 3 atom stereocenters. The van der Waals surface area contributed by atoms with Crippen molar-refractivity contribution in [2.45, 2.75) is 81.9 Å². The highest BCUT2D eigenvalue weighted by Gasteiger charge is 2.32. The summed E-state index contributed by atoms with van der Waals surface area (Å²) in [4.78, 5) is 40.4. The molecular formula is C31H41ClN3O8S-. The van der Waals surface area contributed by atoms with E-state index >= 15 is 0 Å². The van der Waals surface area contributed by atoms with Gasteiger partial charge in [-0.1, -0.05) is 86.2 Å². The first-order chi connectivity index (χ1) is 20.9. The van der Waals surface area contributed by atoms with Crippen molar-refractivity contribution in [3.05, 3.63) is 70.7 Å². The number of carbonyl (C=O) groups is 3. The van der Waals surface area contributed by atoms with Gasteiger partial charge < -0.3 is 29.9 Å². The Hall–Kier alpha value is -3.19. The van der Waals surface area contributed by atoms with Crippen molar-refractivity contribution < 1.29 is 37.2 Å². The topological polar surface area (TPSA) is 165 Å². The van der Waals surface area contributed by atoms with Crippen LogP contribution in [-0.4, -0.2) is 72.0 Å². The number of nitrogens with one attached hydrogen (secondary N) is 2. The van der Waals surface area contributed by atoms with Gasteiger partial charge in [0.25, 0.3) is 0 Å². The largest absolute Gasteiger partial charge is 0.746 e. The molecule has 2 aromatic carbocycles. The molecular weight excluding hydrogens is 610 g/mol. The van der Waals surface area contributed by atoms with Gasteiger partial charge in [-0.05, 0) is 48.4 Å². The number of likely N-dealkylation sites (N-methyl/N-ethyl adjacent to an activating group) is 1. The van der Waals surface area contributed by atoms with Crippen molar-refractivity contribution in [2.24, 2.45) is 5.92 Å². The van der Waals surface area contributed by atoms with Gasteiger partial charge in [0.05, 0.1) is 6.04 Å². The minimum Gasteiger partial charge on any atom is -0.746 e. The monoisotopic (exact) mass is 650 g/mol. The molecule has 0 spiro atoms. The van der Waals surface area contributed by atoms with Crippen LogP contribution in [0.4, 0.5) is 4.79 Å². The lowest BCUT2D eigenvalue weighted by atomic mass is 9.84. The number of hydrogen-bond donors (Lipinski definition) is 3. The zero-order valence-electron chi connectivity index (χ0n) is 24.8. The lowest BCUT2D eigenvalue weighted by Gasteiger charge is -2.30. The molecule has 3 amide bonds. The molecule has 0 bridgehead atoms. The van der Waals surface area contributed by atoms with Crippen molar-refractivity contribution in [2.75, 3.05) is 13.6 Å². The number of aliphatic hydroxyl groups is 1. The van der Waals surface area contributed by atoms with Crippen LogP contribution in [0.25, 0.3) is 0 Å². The van der Waals surface area contributed by atoms with Crippen LogP contribution in [0.15, 0.2) is 54.6 Å².